The number of anilines is 1. The SMILES string of the molecule is CCC(C)n1cc(Br)c(N)n1. The minimum Gasteiger partial charge on any atom is -0.381 e. The quantitative estimate of drug-likeness (QED) is 0.826. The molecule has 0 amide bonds. The van der Waals surface area contributed by atoms with E-state index in [9.17, 15) is 0 Å². The Morgan fingerprint density at radius 3 is 2.82 bits per heavy atom. The maximum absolute atomic E-state index is 5.55. The molecule has 0 aliphatic heterocycles. The Morgan fingerprint density at radius 2 is 2.45 bits per heavy atom. The molecule has 62 valence electrons. The molecule has 0 fully saturated rings. The largest absolute Gasteiger partial charge is 0.381 e. The van der Waals surface area contributed by atoms with Gasteiger partial charge >= 0.3 is 0 Å². The van der Waals surface area contributed by atoms with Gasteiger partial charge in [-0.1, -0.05) is 6.92 Å². The maximum atomic E-state index is 5.55. The van der Waals surface area contributed by atoms with Crippen LogP contribution in [0.25, 0.3) is 0 Å². The molecular weight excluding hydrogens is 206 g/mol. The summed E-state index contributed by atoms with van der Waals surface area (Å²) < 4.78 is 2.75. The summed E-state index contributed by atoms with van der Waals surface area (Å²) in [6.07, 6.45) is 2.97. The molecule has 1 atom stereocenters. The van der Waals surface area contributed by atoms with Gasteiger partial charge in [-0.25, -0.2) is 0 Å². The highest BCUT2D eigenvalue weighted by Gasteiger charge is 2.06. The third kappa shape index (κ3) is 1.74. The van der Waals surface area contributed by atoms with Crippen LogP contribution in [0, 0.1) is 0 Å². The lowest BCUT2D eigenvalue weighted by Crippen LogP contribution is -2.04. The van der Waals surface area contributed by atoms with E-state index in [-0.39, 0.29) is 0 Å². The van der Waals surface area contributed by atoms with Crippen molar-refractivity contribution in [3.63, 3.8) is 0 Å². The van der Waals surface area contributed by atoms with Crippen LogP contribution in [0.1, 0.15) is 26.3 Å². The third-order valence-corrected chi connectivity index (χ3v) is 2.37. The van der Waals surface area contributed by atoms with Crippen molar-refractivity contribution >= 4 is 21.7 Å². The zero-order chi connectivity index (χ0) is 8.43. The molecule has 1 rings (SSSR count). The van der Waals surface area contributed by atoms with Crippen molar-refractivity contribution < 1.29 is 0 Å². The molecule has 0 saturated carbocycles. The van der Waals surface area contributed by atoms with Crippen LogP contribution in [0.15, 0.2) is 10.7 Å². The van der Waals surface area contributed by atoms with Gasteiger partial charge in [0, 0.05) is 12.2 Å². The molecule has 2 N–H and O–H groups in total. The monoisotopic (exact) mass is 217 g/mol. The topological polar surface area (TPSA) is 43.8 Å². The summed E-state index contributed by atoms with van der Waals surface area (Å²) >= 11 is 3.31. The second-order valence-corrected chi connectivity index (χ2v) is 3.45. The first kappa shape index (κ1) is 8.59. The summed E-state index contributed by atoms with van der Waals surface area (Å²) in [7, 11) is 0. The third-order valence-electron chi connectivity index (χ3n) is 1.76. The van der Waals surface area contributed by atoms with E-state index >= 15 is 0 Å². The fourth-order valence-electron chi connectivity index (χ4n) is 0.796. The summed E-state index contributed by atoms with van der Waals surface area (Å²) in [5, 5.41) is 4.13. The first-order valence-electron chi connectivity index (χ1n) is 3.65. The Morgan fingerprint density at radius 1 is 1.82 bits per heavy atom. The van der Waals surface area contributed by atoms with Crippen molar-refractivity contribution in [1.29, 1.82) is 0 Å². The Hall–Kier alpha value is -0.510. The molecule has 0 spiro atoms. The maximum Gasteiger partial charge on any atom is 0.159 e. The van der Waals surface area contributed by atoms with E-state index < -0.39 is 0 Å². The number of nitrogens with two attached hydrogens (primary N) is 1. The Kier molecular flexibility index (Phi) is 2.54. The average Bonchev–Trinajstić information content (AvgIpc) is 2.31. The predicted molar refractivity (Wildman–Crippen MR) is 49.3 cm³/mol. The van der Waals surface area contributed by atoms with Crippen molar-refractivity contribution in [2.24, 2.45) is 0 Å². The molecule has 0 saturated heterocycles. The summed E-state index contributed by atoms with van der Waals surface area (Å²) in [5.74, 6) is 0.560. The summed E-state index contributed by atoms with van der Waals surface area (Å²) in [4.78, 5) is 0. The molecule has 0 aliphatic carbocycles. The van der Waals surface area contributed by atoms with Crippen molar-refractivity contribution in [2.75, 3.05) is 5.73 Å². The van der Waals surface area contributed by atoms with Crippen molar-refractivity contribution in [3.8, 4) is 0 Å². The predicted octanol–water partition coefficient (Wildman–Crippen LogP) is 2.20. The van der Waals surface area contributed by atoms with Crippen molar-refractivity contribution in [2.45, 2.75) is 26.3 Å². The van der Waals surface area contributed by atoms with Gasteiger partial charge in [0.25, 0.3) is 0 Å². The summed E-state index contributed by atoms with van der Waals surface area (Å²) in [5.41, 5.74) is 5.55. The Balaban J connectivity index is 2.88. The van der Waals surface area contributed by atoms with Crippen LogP contribution in [0.2, 0.25) is 0 Å². The lowest BCUT2D eigenvalue weighted by Gasteiger charge is -2.07. The molecule has 1 aromatic heterocycles. The minimum atomic E-state index is 0.420. The fourth-order valence-corrected chi connectivity index (χ4v) is 1.09. The van der Waals surface area contributed by atoms with Gasteiger partial charge in [-0.15, -0.1) is 0 Å². The van der Waals surface area contributed by atoms with E-state index in [0.29, 0.717) is 11.9 Å². The molecule has 11 heavy (non-hydrogen) atoms. The van der Waals surface area contributed by atoms with E-state index in [1.54, 1.807) is 0 Å². The van der Waals surface area contributed by atoms with E-state index in [4.69, 9.17) is 5.73 Å². The minimum absolute atomic E-state index is 0.420. The first-order chi connectivity index (χ1) is 5.15. The van der Waals surface area contributed by atoms with Crippen LogP contribution in [0.4, 0.5) is 5.82 Å². The molecule has 3 nitrogen and oxygen atoms in total. The number of aromatic nitrogens is 2. The van der Waals surface area contributed by atoms with E-state index in [0.717, 1.165) is 10.9 Å². The van der Waals surface area contributed by atoms with Gasteiger partial charge in [0.15, 0.2) is 5.82 Å². The molecule has 0 aliphatic rings. The van der Waals surface area contributed by atoms with Gasteiger partial charge < -0.3 is 5.73 Å². The lowest BCUT2D eigenvalue weighted by atomic mass is 10.3. The highest BCUT2D eigenvalue weighted by Crippen LogP contribution is 2.19. The normalized spacial score (nSPS) is 13.4. The van der Waals surface area contributed by atoms with Crippen LogP contribution in [-0.4, -0.2) is 9.78 Å². The second-order valence-electron chi connectivity index (χ2n) is 2.60. The van der Waals surface area contributed by atoms with Crippen LogP contribution >= 0.6 is 15.9 Å². The van der Waals surface area contributed by atoms with Crippen LogP contribution in [-0.2, 0) is 0 Å². The Bertz CT molecular complexity index is 224. The van der Waals surface area contributed by atoms with Crippen molar-refractivity contribution in [1.82, 2.24) is 9.78 Å². The standard InChI is InChI=1S/C7H12BrN3/c1-3-5(2)11-4-6(8)7(9)10-11/h4-5H,3H2,1-2H3,(H2,9,10). The molecule has 1 aromatic rings. The molecular formula is C7H12BrN3. The van der Waals surface area contributed by atoms with Crippen molar-refractivity contribution in [3.05, 3.63) is 10.7 Å². The van der Waals surface area contributed by atoms with Gasteiger partial charge in [-0.05, 0) is 29.3 Å². The highest BCUT2D eigenvalue weighted by molar-refractivity contribution is 9.10. The number of nitrogen functional groups attached to an aromatic ring is 1. The number of halogens is 1. The molecule has 1 heterocycles. The smallest absolute Gasteiger partial charge is 0.159 e. The van der Waals surface area contributed by atoms with Crippen LogP contribution < -0.4 is 5.73 Å². The molecule has 0 aromatic carbocycles. The molecule has 0 radical (unpaired) electrons. The summed E-state index contributed by atoms with van der Waals surface area (Å²) in [6, 6.07) is 0.420. The van der Waals surface area contributed by atoms with E-state index in [1.807, 2.05) is 10.9 Å². The van der Waals surface area contributed by atoms with E-state index in [2.05, 4.69) is 34.9 Å². The first-order valence-corrected chi connectivity index (χ1v) is 4.44. The van der Waals surface area contributed by atoms with Gasteiger partial charge in [-0.3, -0.25) is 4.68 Å². The number of hydrogen-bond donors (Lipinski definition) is 1. The second kappa shape index (κ2) is 3.26. The van der Waals surface area contributed by atoms with E-state index in [1.165, 1.54) is 0 Å². The fraction of sp³-hybridized carbons (Fsp3) is 0.571. The molecule has 0 bridgehead atoms. The average molecular weight is 218 g/mol. The highest BCUT2D eigenvalue weighted by atomic mass is 79.9. The summed E-state index contributed by atoms with van der Waals surface area (Å²) in [6.45, 7) is 4.23. The zero-order valence-corrected chi connectivity index (χ0v) is 8.30. The Labute approximate surface area is 74.7 Å². The lowest BCUT2D eigenvalue weighted by molar-refractivity contribution is 0.479. The van der Waals surface area contributed by atoms with Gasteiger partial charge in [0.2, 0.25) is 0 Å². The molecule has 4 heteroatoms. The van der Waals surface area contributed by atoms with Gasteiger partial charge in [0.05, 0.1) is 4.47 Å². The van der Waals surface area contributed by atoms with Crippen LogP contribution in [0.3, 0.4) is 0 Å². The molecule has 1 unspecified atom stereocenters. The van der Waals surface area contributed by atoms with Crippen LogP contribution in [0.5, 0.6) is 0 Å². The number of hydrogen-bond acceptors (Lipinski definition) is 2. The number of rotatable bonds is 2. The number of nitrogens with zero attached hydrogens (tertiary/aromatic N) is 2. The zero-order valence-electron chi connectivity index (χ0n) is 6.71. The van der Waals surface area contributed by atoms with Gasteiger partial charge in [-0.2, -0.15) is 5.10 Å². The van der Waals surface area contributed by atoms with Gasteiger partial charge in [0.1, 0.15) is 0 Å².